The van der Waals surface area contributed by atoms with E-state index >= 15 is 0 Å². The van der Waals surface area contributed by atoms with Gasteiger partial charge in [0.1, 0.15) is 22.3 Å². The monoisotopic (exact) mass is 641 g/mol. The summed E-state index contributed by atoms with van der Waals surface area (Å²) in [5.74, 6) is 1.88. The van der Waals surface area contributed by atoms with Crippen molar-refractivity contribution in [2.45, 2.75) is 0 Å². The molecule has 0 saturated heterocycles. The number of para-hydroxylation sites is 1. The van der Waals surface area contributed by atoms with Crippen LogP contribution in [-0.2, 0) is 0 Å². The summed E-state index contributed by atoms with van der Waals surface area (Å²) in [7, 11) is 0. The number of rotatable bonds is 5. The van der Waals surface area contributed by atoms with Gasteiger partial charge in [0.15, 0.2) is 17.5 Å². The van der Waals surface area contributed by atoms with Crippen LogP contribution in [0.1, 0.15) is 0 Å². The fourth-order valence-corrected chi connectivity index (χ4v) is 6.99. The van der Waals surface area contributed by atoms with Crippen LogP contribution in [-0.4, -0.2) is 15.0 Å². The van der Waals surface area contributed by atoms with Gasteiger partial charge in [0.25, 0.3) is 0 Å². The molecule has 0 saturated carbocycles. The minimum Gasteiger partial charge on any atom is -0.456 e. The number of hydrogen-bond donors (Lipinski definition) is 0. The van der Waals surface area contributed by atoms with Crippen LogP contribution in [0, 0.1) is 0 Å². The second-order valence-corrected chi connectivity index (χ2v) is 12.4. The summed E-state index contributed by atoms with van der Waals surface area (Å²) in [6, 6.07) is 55.7. The molecule has 0 spiro atoms. The van der Waals surface area contributed by atoms with Crippen LogP contribution in [0.25, 0.3) is 100 Å². The molecular formula is C45H27N3O2. The Hall–Kier alpha value is -6.85. The summed E-state index contributed by atoms with van der Waals surface area (Å²) in [6.07, 6.45) is 0. The first-order valence-corrected chi connectivity index (χ1v) is 16.6. The Morgan fingerprint density at radius 1 is 0.300 bits per heavy atom. The van der Waals surface area contributed by atoms with E-state index in [4.69, 9.17) is 23.8 Å². The standard InChI is InChI=1S/C45H27N3O2/c1-3-12-28(13-4-1)43-46-44(29-14-5-2-6-15-29)48-45(47-43)35-17-8-7-16-32(35)31-22-24-34-37-26-30(23-25-39(37)50-41(34)27-31)33-19-11-21-40-42(33)36-18-9-10-20-38(36)49-40/h1-27H. The van der Waals surface area contributed by atoms with Crippen molar-refractivity contribution in [2.24, 2.45) is 0 Å². The van der Waals surface area contributed by atoms with Crippen LogP contribution in [0.15, 0.2) is 173 Å². The number of furan rings is 2. The maximum absolute atomic E-state index is 6.49. The molecule has 234 valence electrons. The third kappa shape index (κ3) is 4.67. The Bertz CT molecular complexity index is 2810. The summed E-state index contributed by atoms with van der Waals surface area (Å²) in [5.41, 5.74) is 10.5. The van der Waals surface area contributed by atoms with E-state index in [1.807, 2.05) is 91.0 Å². The largest absolute Gasteiger partial charge is 0.456 e. The highest BCUT2D eigenvalue weighted by molar-refractivity contribution is 6.14. The Morgan fingerprint density at radius 2 is 0.860 bits per heavy atom. The molecule has 10 aromatic rings. The minimum absolute atomic E-state index is 0.614. The van der Waals surface area contributed by atoms with Gasteiger partial charge in [0.05, 0.1) is 0 Å². The molecule has 0 amide bonds. The lowest BCUT2D eigenvalue weighted by atomic mass is 9.96. The lowest BCUT2D eigenvalue weighted by Crippen LogP contribution is -2.01. The van der Waals surface area contributed by atoms with Crippen molar-refractivity contribution >= 4 is 43.9 Å². The van der Waals surface area contributed by atoms with Gasteiger partial charge >= 0.3 is 0 Å². The molecule has 3 heterocycles. The lowest BCUT2D eigenvalue weighted by molar-refractivity contribution is 0.669. The second kappa shape index (κ2) is 11.4. The predicted molar refractivity (Wildman–Crippen MR) is 202 cm³/mol. The van der Waals surface area contributed by atoms with Gasteiger partial charge < -0.3 is 8.83 Å². The Balaban J connectivity index is 1.10. The molecule has 3 aromatic heterocycles. The molecule has 50 heavy (non-hydrogen) atoms. The van der Waals surface area contributed by atoms with E-state index in [9.17, 15) is 0 Å². The summed E-state index contributed by atoms with van der Waals surface area (Å²) in [5, 5.41) is 4.37. The van der Waals surface area contributed by atoms with Gasteiger partial charge in [0.2, 0.25) is 0 Å². The van der Waals surface area contributed by atoms with Crippen molar-refractivity contribution in [3.05, 3.63) is 164 Å². The fraction of sp³-hybridized carbons (Fsp3) is 0. The van der Waals surface area contributed by atoms with Crippen molar-refractivity contribution in [2.75, 3.05) is 0 Å². The third-order valence-corrected chi connectivity index (χ3v) is 9.36. The molecule has 0 bridgehead atoms. The zero-order valence-corrected chi connectivity index (χ0v) is 26.7. The van der Waals surface area contributed by atoms with Crippen molar-refractivity contribution in [3.8, 4) is 56.4 Å². The normalized spacial score (nSPS) is 11.6. The maximum atomic E-state index is 6.49. The third-order valence-electron chi connectivity index (χ3n) is 9.36. The van der Waals surface area contributed by atoms with E-state index in [1.54, 1.807) is 0 Å². The molecule has 5 heteroatoms. The molecule has 7 aromatic carbocycles. The topological polar surface area (TPSA) is 65.0 Å². The van der Waals surface area contributed by atoms with Gasteiger partial charge in [-0.05, 0) is 58.7 Å². The zero-order chi connectivity index (χ0) is 33.0. The summed E-state index contributed by atoms with van der Waals surface area (Å²) >= 11 is 0. The number of aromatic nitrogens is 3. The van der Waals surface area contributed by atoms with E-state index in [0.717, 1.165) is 82.8 Å². The Labute approximate surface area is 287 Å². The van der Waals surface area contributed by atoms with Crippen LogP contribution in [0.3, 0.4) is 0 Å². The molecule has 0 aliphatic heterocycles. The van der Waals surface area contributed by atoms with Crippen LogP contribution >= 0.6 is 0 Å². The van der Waals surface area contributed by atoms with Gasteiger partial charge in [-0.3, -0.25) is 0 Å². The van der Waals surface area contributed by atoms with Gasteiger partial charge in [-0.2, -0.15) is 0 Å². The molecule has 10 rings (SSSR count). The molecule has 5 nitrogen and oxygen atoms in total. The van der Waals surface area contributed by atoms with Crippen LogP contribution < -0.4 is 0 Å². The van der Waals surface area contributed by atoms with Crippen LogP contribution in [0.5, 0.6) is 0 Å². The van der Waals surface area contributed by atoms with E-state index in [1.165, 1.54) is 0 Å². The van der Waals surface area contributed by atoms with Gasteiger partial charge in [-0.15, -0.1) is 0 Å². The first-order valence-electron chi connectivity index (χ1n) is 16.6. The maximum Gasteiger partial charge on any atom is 0.164 e. The number of hydrogen-bond acceptors (Lipinski definition) is 5. The molecule has 0 aliphatic carbocycles. The number of fused-ring (bicyclic) bond motifs is 6. The lowest BCUT2D eigenvalue weighted by Gasteiger charge is -2.12. The Morgan fingerprint density at radius 3 is 1.64 bits per heavy atom. The highest BCUT2D eigenvalue weighted by atomic mass is 16.3. The quantitative estimate of drug-likeness (QED) is 0.187. The predicted octanol–water partition coefficient (Wildman–Crippen LogP) is 12.0. The molecule has 0 fully saturated rings. The van der Waals surface area contributed by atoms with Gasteiger partial charge in [0, 0.05) is 38.2 Å². The van der Waals surface area contributed by atoms with Crippen LogP contribution in [0.2, 0.25) is 0 Å². The molecule has 0 N–H and O–H groups in total. The van der Waals surface area contributed by atoms with E-state index < -0.39 is 0 Å². The highest BCUT2D eigenvalue weighted by Gasteiger charge is 2.18. The van der Waals surface area contributed by atoms with E-state index in [2.05, 4.69) is 72.8 Å². The van der Waals surface area contributed by atoms with Crippen molar-refractivity contribution in [3.63, 3.8) is 0 Å². The average molecular weight is 642 g/mol. The molecule has 0 aliphatic rings. The second-order valence-electron chi connectivity index (χ2n) is 12.4. The van der Waals surface area contributed by atoms with Gasteiger partial charge in [-0.25, -0.2) is 15.0 Å². The number of benzene rings is 7. The average Bonchev–Trinajstić information content (AvgIpc) is 3.76. The first kappa shape index (κ1) is 28.2. The first-order chi connectivity index (χ1) is 24.8. The van der Waals surface area contributed by atoms with E-state index in [0.29, 0.717) is 17.5 Å². The summed E-state index contributed by atoms with van der Waals surface area (Å²) < 4.78 is 12.7. The highest BCUT2D eigenvalue weighted by Crippen LogP contribution is 2.40. The fourth-order valence-electron chi connectivity index (χ4n) is 6.99. The Kier molecular flexibility index (Phi) is 6.42. The molecular weight excluding hydrogens is 615 g/mol. The van der Waals surface area contributed by atoms with E-state index in [-0.39, 0.29) is 0 Å². The minimum atomic E-state index is 0.614. The van der Waals surface area contributed by atoms with Gasteiger partial charge in [-0.1, -0.05) is 127 Å². The van der Waals surface area contributed by atoms with Crippen molar-refractivity contribution in [1.82, 2.24) is 15.0 Å². The van der Waals surface area contributed by atoms with Crippen molar-refractivity contribution in [1.29, 1.82) is 0 Å². The van der Waals surface area contributed by atoms with Crippen molar-refractivity contribution < 1.29 is 8.83 Å². The SMILES string of the molecule is c1ccc(-c2nc(-c3ccccc3)nc(-c3ccccc3-c3ccc4c(c3)oc3ccc(-c5cccc6oc7ccccc7c56)cc34)n2)cc1. The molecule has 0 unspecified atom stereocenters. The summed E-state index contributed by atoms with van der Waals surface area (Å²) in [6.45, 7) is 0. The smallest absolute Gasteiger partial charge is 0.164 e. The van der Waals surface area contributed by atoms with Crippen LogP contribution in [0.4, 0.5) is 0 Å². The molecule has 0 atom stereocenters. The number of nitrogens with zero attached hydrogens (tertiary/aromatic N) is 3. The summed E-state index contributed by atoms with van der Waals surface area (Å²) in [4.78, 5) is 14.9. The molecule has 0 radical (unpaired) electrons. The zero-order valence-electron chi connectivity index (χ0n) is 26.7.